The van der Waals surface area contributed by atoms with Crippen LogP contribution < -0.4 is 0 Å². The smallest absolute Gasteiger partial charge is 0.207 e. The van der Waals surface area contributed by atoms with Crippen molar-refractivity contribution >= 4 is 19.7 Å². The lowest BCUT2D eigenvalue weighted by molar-refractivity contribution is -0.140. The molecule has 0 aliphatic rings. The van der Waals surface area contributed by atoms with E-state index < -0.39 is 31.2 Å². The fourth-order valence-corrected chi connectivity index (χ4v) is 2.22. The minimum Gasteiger partial charge on any atom is -0.207 e. The number of rotatable bonds is 1. The maximum Gasteiger partial charge on any atom is 0.418 e. The van der Waals surface area contributed by atoms with Crippen LogP contribution in [0.3, 0.4) is 0 Å². The van der Waals surface area contributed by atoms with Crippen molar-refractivity contribution in [3.63, 3.8) is 0 Å². The first-order chi connectivity index (χ1) is 7.18. The number of halogens is 4. The van der Waals surface area contributed by atoms with E-state index in [0.29, 0.717) is 6.07 Å². The molecule has 8 heteroatoms. The number of benzene rings is 1. The van der Waals surface area contributed by atoms with Gasteiger partial charge in [-0.2, -0.15) is 18.4 Å². The minimum atomic E-state index is -4.95. The van der Waals surface area contributed by atoms with Crippen molar-refractivity contribution in [3.05, 3.63) is 29.3 Å². The normalized spacial score (nSPS) is 12.2. The molecular weight excluding hydrogens is 267 g/mol. The lowest BCUT2D eigenvalue weighted by Gasteiger charge is -2.11. The molecule has 86 valence electrons. The molecule has 0 N–H and O–H groups in total. The Labute approximate surface area is 93.5 Å². The van der Waals surface area contributed by atoms with E-state index in [1.54, 1.807) is 0 Å². The standard InChI is InChI=1S/C8H3ClF3NO2S/c9-16(14,15)6-3-1-2-5(4-13)7(6)8(10,11)12/h1-3H. The van der Waals surface area contributed by atoms with Crippen LogP contribution in [0.2, 0.25) is 0 Å². The fraction of sp³-hybridized carbons (Fsp3) is 0.125. The van der Waals surface area contributed by atoms with Gasteiger partial charge in [0.05, 0.1) is 22.1 Å². The van der Waals surface area contributed by atoms with Gasteiger partial charge in [0.25, 0.3) is 9.05 Å². The summed E-state index contributed by atoms with van der Waals surface area (Å²) < 4.78 is 59.5. The second-order valence-electron chi connectivity index (χ2n) is 2.73. The first-order valence-electron chi connectivity index (χ1n) is 3.73. The van der Waals surface area contributed by atoms with Gasteiger partial charge in [0, 0.05) is 10.7 Å². The van der Waals surface area contributed by atoms with Gasteiger partial charge in [-0.25, -0.2) is 8.42 Å². The summed E-state index contributed by atoms with van der Waals surface area (Å²) in [5.74, 6) is 0. The van der Waals surface area contributed by atoms with E-state index in [-0.39, 0.29) is 0 Å². The molecule has 0 aromatic heterocycles. The van der Waals surface area contributed by atoms with E-state index in [0.717, 1.165) is 12.1 Å². The number of nitrogens with zero attached hydrogens (tertiary/aromatic N) is 1. The molecule has 0 amide bonds. The maximum absolute atomic E-state index is 12.6. The van der Waals surface area contributed by atoms with E-state index >= 15 is 0 Å². The zero-order valence-electron chi connectivity index (χ0n) is 7.42. The Morgan fingerprint density at radius 2 is 1.88 bits per heavy atom. The zero-order valence-corrected chi connectivity index (χ0v) is 8.99. The first-order valence-corrected chi connectivity index (χ1v) is 6.04. The summed E-state index contributed by atoms with van der Waals surface area (Å²) in [6.45, 7) is 0. The van der Waals surface area contributed by atoms with Gasteiger partial charge in [-0.15, -0.1) is 0 Å². The summed E-state index contributed by atoms with van der Waals surface area (Å²) in [5.41, 5.74) is -2.32. The van der Waals surface area contributed by atoms with Crippen molar-refractivity contribution in [1.29, 1.82) is 5.26 Å². The van der Waals surface area contributed by atoms with Crippen LogP contribution in [0, 0.1) is 11.3 Å². The van der Waals surface area contributed by atoms with Crippen molar-refractivity contribution < 1.29 is 21.6 Å². The molecule has 0 aliphatic carbocycles. The first kappa shape index (κ1) is 12.8. The van der Waals surface area contributed by atoms with Crippen LogP contribution in [-0.4, -0.2) is 8.42 Å². The summed E-state index contributed by atoms with van der Waals surface area (Å²) in [6, 6.07) is 3.86. The molecule has 0 heterocycles. The molecule has 0 aliphatic heterocycles. The third-order valence-corrected chi connectivity index (χ3v) is 3.06. The quantitative estimate of drug-likeness (QED) is 0.736. The van der Waals surface area contributed by atoms with Gasteiger partial charge in [0.2, 0.25) is 0 Å². The summed E-state index contributed by atoms with van der Waals surface area (Å²) in [7, 11) is 0.313. The molecule has 1 rings (SSSR count). The lowest BCUT2D eigenvalue weighted by Crippen LogP contribution is -2.13. The molecular formula is C8H3ClF3NO2S. The SMILES string of the molecule is N#Cc1cccc(S(=O)(=O)Cl)c1C(F)(F)F. The molecule has 0 saturated carbocycles. The lowest BCUT2D eigenvalue weighted by atomic mass is 10.1. The maximum atomic E-state index is 12.6. The van der Waals surface area contributed by atoms with Crippen LogP contribution in [0.5, 0.6) is 0 Å². The molecule has 0 unspecified atom stereocenters. The Hall–Kier alpha value is -1.26. The molecule has 1 aromatic rings. The average Bonchev–Trinajstić information content (AvgIpc) is 2.13. The van der Waals surface area contributed by atoms with Crippen molar-refractivity contribution in [3.8, 4) is 6.07 Å². The highest BCUT2D eigenvalue weighted by atomic mass is 35.7. The zero-order chi connectivity index (χ0) is 12.6. The van der Waals surface area contributed by atoms with Gasteiger partial charge in [0.15, 0.2) is 0 Å². The number of nitriles is 1. The van der Waals surface area contributed by atoms with Crippen molar-refractivity contribution in [1.82, 2.24) is 0 Å². The predicted octanol–water partition coefficient (Wildman–Crippen LogP) is 2.50. The van der Waals surface area contributed by atoms with Gasteiger partial charge in [-0.3, -0.25) is 0 Å². The Bertz CT molecular complexity index is 560. The van der Waals surface area contributed by atoms with Crippen LogP contribution in [0.25, 0.3) is 0 Å². The number of alkyl halides is 3. The number of hydrogen-bond acceptors (Lipinski definition) is 3. The van der Waals surface area contributed by atoms with E-state index in [9.17, 15) is 21.6 Å². The molecule has 3 nitrogen and oxygen atoms in total. The van der Waals surface area contributed by atoms with Crippen molar-refractivity contribution in [2.45, 2.75) is 11.1 Å². The van der Waals surface area contributed by atoms with Gasteiger partial charge < -0.3 is 0 Å². The Morgan fingerprint density at radius 3 is 2.25 bits per heavy atom. The van der Waals surface area contributed by atoms with E-state index in [1.165, 1.54) is 6.07 Å². The monoisotopic (exact) mass is 269 g/mol. The molecule has 0 bridgehead atoms. The van der Waals surface area contributed by atoms with Crippen LogP contribution in [0.4, 0.5) is 13.2 Å². The largest absolute Gasteiger partial charge is 0.418 e. The third-order valence-electron chi connectivity index (χ3n) is 1.69. The molecule has 0 fully saturated rings. The molecule has 1 aromatic carbocycles. The van der Waals surface area contributed by atoms with E-state index in [1.807, 2.05) is 0 Å². The van der Waals surface area contributed by atoms with E-state index in [4.69, 9.17) is 15.9 Å². The third kappa shape index (κ3) is 2.46. The number of hydrogen-bond donors (Lipinski definition) is 0. The molecule has 0 spiro atoms. The van der Waals surface area contributed by atoms with Crippen LogP contribution >= 0.6 is 10.7 Å². The molecule has 0 atom stereocenters. The second kappa shape index (κ2) is 3.96. The minimum absolute atomic E-state index is 0.700. The van der Waals surface area contributed by atoms with Gasteiger partial charge in [-0.1, -0.05) is 6.07 Å². The van der Waals surface area contributed by atoms with Gasteiger partial charge in [-0.05, 0) is 12.1 Å². The molecule has 0 radical (unpaired) electrons. The highest BCUT2D eigenvalue weighted by Gasteiger charge is 2.39. The summed E-state index contributed by atoms with van der Waals surface area (Å²) in [4.78, 5) is -1.11. The highest BCUT2D eigenvalue weighted by molar-refractivity contribution is 8.13. The van der Waals surface area contributed by atoms with Crippen LogP contribution in [0.1, 0.15) is 11.1 Å². The topological polar surface area (TPSA) is 57.9 Å². The van der Waals surface area contributed by atoms with Gasteiger partial charge >= 0.3 is 6.18 Å². The fourth-order valence-electron chi connectivity index (χ4n) is 1.12. The average molecular weight is 270 g/mol. The van der Waals surface area contributed by atoms with Gasteiger partial charge in [0.1, 0.15) is 0 Å². The predicted molar refractivity (Wildman–Crippen MR) is 49.2 cm³/mol. The van der Waals surface area contributed by atoms with Crippen molar-refractivity contribution in [2.24, 2.45) is 0 Å². The highest BCUT2D eigenvalue weighted by Crippen LogP contribution is 2.37. The van der Waals surface area contributed by atoms with E-state index in [2.05, 4.69) is 0 Å². The Kier molecular flexibility index (Phi) is 3.17. The molecule has 0 saturated heterocycles. The Balaban J connectivity index is 3.73. The van der Waals surface area contributed by atoms with Crippen LogP contribution in [-0.2, 0) is 15.2 Å². The van der Waals surface area contributed by atoms with Crippen molar-refractivity contribution in [2.75, 3.05) is 0 Å². The summed E-state index contributed by atoms with van der Waals surface area (Å²) in [5, 5.41) is 8.48. The second-order valence-corrected chi connectivity index (χ2v) is 5.26. The Morgan fingerprint density at radius 1 is 1.31 bits per heavy atom. The summed E-state index contributed by atoms with van der Waals surface area (Å²) >= 11 is 0. The van der Waals surface area contributed by atoms with Crippen LogP contribution in [0.15, 0.2) is 23.1 Å². The summed E-state index contributed by atoms with van der Waals surface area (Å²) in [6.07, 6.45) is -4.95. The molecule has 16 heavy (non-hydrogen) atoms.